The number of nitrogens with zero attached hydrogens (tertiary/aromatic N) is 1. The zero-order valence-corrected chi connectivity index (χ0v) is 13.6. The number of piperidine rings is 1. The molecule has 2 heteroatoms. The van der Waals surface area contributed by atoms with E-state index in [2.05, 4.69) is 62.3 Å². The van der Waals surface area contributed by atoms with Crippen molar-refractivity contribution in [3.05, 3.63) is 35.4 Å². The molecule has 2 nitrogen and oxygen atoms in total. The lowest BCUT2D eigenvalue weighted by Crippen LogP contribution is -2.41. The van der Waals surface area contributed by atoms with E-state index in [0.29, 0.717) is 11.5 Å². The quantitative estimate of drug-likeness (QED) is 0.879. The van der Waals surface area contributed by atoms with Gasteiger partial charge in [-0.25, -0.2) is 0 Å². The van der Waals surface area contributed by atoms with Crippen LogP contribution in [0.5, 0.6) is 0 Å². The molecule has 1 atom stereocenters. The minimum absolute atomic E-state index is 0.473. The lowest BCUT2D eigenvalue weighted by atomic mass is 9.84. The number of likely N-dealkylation sites (tertiary alicyclic amines) is 1. The molecular formula is C18H30N2. The van der Waals surface area contributed by atoms with E-state index in [-0.39, 0.29) is 0 Å². The second-order valence-corrected chi connectivity index (χ2v) is 7.03. The molecule has 0 saturated carbocycles. The normalized spacial score (nSPS) is 20.8. The van der Waals surface area contributed by atoms with Crippen LogP contribution in [0.4, 0.5) is 0 Å². The number of hydrogen-bond acceptors (Lipinski definition) is 2. The maximum Gasteiger partial charge on any atom is 0.0332 e. The van der Waals surface area contributed by atoms with Crippen LogP contribution in [0.3, 0.4) is 0 Å². The third-order valence-electron chi connectivity index (χ3n) is 4.63. The van der Waals surface area contributed by atoms with Gasteiger partial charge in [-0.3, -0.25) is 0 Å². The Hall–Kier alpha value is -0.860. The fourth-order valence-electron chi connectivity index (χ4n) is 3.48. The van der Waals surface area contributed by atoms with Crippen molar-refractivity contribution in [2.24, 2.45) is 5.41 Å². The maximum absolute atomic E-state index is 3.49. The van der Waals surface area contributed by atoms with Gasteiger partial charge in [0.1, 0.15) is 0 Å². The third kappa shape index (κ3) is 4.07. The Balaban J connectivity index is 1.93. The van der Waals surface area contributed by atoms with Gasteiger partial charge < -0.3 is 10.2 Å². The van der Waals surface area contributed by atoms with Crippen LogP contribution in [0.25, 0.3) is 0 Å². The summed E-state index contributed by atoms with van der Waals surface area (Å²) in [6.07, 6.45) is 3.91. The van der Waals surface area contributed by atoms with Gasteiger partial charge in [0.15, 0.2) is 0 Å². The number of rotatable bonds is 5. The van der Waals surface area contributed by atoms with Crippen molar-refractivity contribution in [2.75, 3.05) is 26.7 Å². The van der Waals surface area contributed by atoms with E-state index in [1.54, 1.807) is 0 Å². The molecule has 20 heavy (non-hydrogen) atoms. The number of benzene rings is 1. The van der Waals surface area contributed by atoms with Gasteiger partial charge in [0.2, 0.25) is 0 Å². The van der Waals surface area contributed by atoms with Crippen LogP contribution in [0.1, 0.15) is 50.3 Å². The molecule has 1 unspecified atom stereocenters. The highest BCUT2D eigenvalue weighted by Gasteiger charge is 2.26. The molecule has 1 fully saturated rings. The largest absolute Gasteiger partial charge is 0.313 e. The first-order valence-electron chi connectivity index (χ1n) is 7.97. The summed E-state index contributed by atoms with van der Waals surface area (Å²) >= 11 is 0. The fourth-order valence-corrected chi connectivity index (χ4v) is 3.48. The lowest BCUT2D eigenvalue weighted by Gasteiger charge is -2.38. The third-order valence-corrected chi connectivity index (χ3v) is 4.63. The van der Waals surface area contributed by atoms with E-state index >= 15 is 0 Å². The molecule has 1 heterocycles. The van der Waals surface area contributed by atoms with Gasteiger partial charge >= 0.3 is 0 Å². The Bertz CT molecular complexity index is 425. The molecule has 0 amide bonds. The highest BCUT2D eigenvalue weighted by molar-refractivity contribution is 5.28. The van der Waals surface area contributed by atoms with Gasteiger partial charge in [0, 0.05) is 12.6 Å². The van der Waals surface area contributed by atoms with Gasteiger partial charge in [-0.2, -0.15) is 0 Å². The topological polar surface area (TPSA) is 15.3 Å². The fraction of sp³-hybridized carbons (Fsp3) is 0.667. The van der Waals surface area contributed by atoms with Gasteiger partial charge in [0.05, 0.1) is 0 Å². The first-order chi connectivity index (χ1) is 9.52. The second kappa shape index (κ2) is 6.73. The highest BCUT2D eigenvalue weighted by Crippen LogP contribution is 2.29. The average Bonchev–Trinajstić information content (AvgIpc) is 2.40. The van der Waals surface area contributed by atoms with Gasteiger partial charge in [-0.15, -0.1) is 0 Å². The summed E-state index contributed by atoms with van der Waals surface area (Å²) in [7, 11) is 2.08. The smallest absolute Gasteiger partial charge is 0.0332 e. The van der Waals surface area contributed by atoms with Crippen molar-refractivity contribution in [2.45, 2.75) is 46.1 Å². The van der Waals surface area contributed by atoms with Crippen LogP contribution in [-0.4, -0.2) is 31.6 Å². The Labute approximate surface area is 124 Å². The minimum atomic E-state index is 0.473. The van der Waals surface area contributed by atoms with Gasteiger partial charge in [0.25, 0.3) is 0 Å². The maximum atomic E-state index is 3.49. The van der Waals surface area contributed by atoms with Crippen molar-refractivity contribution in [3.8, 4) is 0 Å². The SMILES string of the molecule is CNC(CCN1CCCC(C)(C)C1)c1ccccc1C. The predicted molar refractivity (Wildman–Crippen MR) is 87.1 cm³/mol. The minimum Gasteiger partial charge on any atom is -0.313 e. The number of hydrogen-bond donors (Lipinski definition) is 1. The molecule has 1 aromatic rings. The molecular weight excluding hydrogens is 244 g/mol. The summed E-state index contributed by atoms with van der Waals surface area (Å²) in [6, 6.07) is 9.22. The van der Waals surface area contributed by atoms with Gasteiger partial charge in [-0.1, -0.05) is 38.1 Å². The van der Waals surface area contributed by atoms with E-state index in [0.717, 1.165) is 0 Å². The molecule has 1 N–H and O–H groups in total. The van der Waals surface area contributed by atoms with Crippen LogP contribution < -0.4 is 5.32 Å². The molecule has 0 radical (unpaired) electrons. The van der Waals surface area contributed by atoms with E-state index in [1.165, 1.54) is 50.0 Å². The van der Waals surface area contributed by atoms with Crippen LogP contribution in [0, 0.1) is 12.3 Å². The Morgan fingerprint density at radius 1 is 1.30 bits per heavy atom. The molecule has 1 aliphatic heterocycles. The van der Waals surface area contributed by atoms with Crippen LogP contribution in [0.15, 0.2) is 24.3 Å². The van der Waals surface area contributed by atoms with E-state index in [1.807, 2.05) is 0 Å². The first-order valence-corrected chi connectivity index (χ1v) is 7.97. The van der Waals surface area contributed by atoms with E-state index in [9.17, 15) is 0 Å². The summed E-state index contributed by atoms with van der Waals surface area (Å²) < 4.78 is 0. The monoisotopic (exact) mass is 274 g/mol. The van der Waals surface area contributed by atoms with Crippen LogP contribution in [0.2, 0.25) is 0 Å². The lowest BCUT2D eigenvalue weighted by molar-refractivity contribution is 0.113. The molecule has 1 aliphatic rings. The standard InChI is InChI=1S/C18H30N2/c1-15-8-5-6-9-16(15)17(19-4)10-13-20-12-7-11-18(2,3)14-20/h5-6,8-9,17,19H,7,10-14H2,1-4H3. The first kappa shape index (κ1) is 15.5. The summed E-state index contributed by atoms with van der Waals surface area (Å²) in [6.45, 7) is 10.7. The summed E-state index contributed by atoms with van der Waals surface area (Å²) in [5.74, 6) is 0. The molecule has 0 aliphatic carbocycles. The summed E-state index contributed by atoms with van der Waals surface area (Å²) in [5, 5.41) is 3.49. The van der Waals surface area contributed by atoms with Crippen molar-refractivity contribution >= 4 is 0 Å². The van der Waals surface area contributed by atoms with Crippen LogP contribution in [-0.2, 0) is 0 Å². The Kier molecular flexibility index (Phi) is 5.22. The molecule has 0 spiro atoms. The van der Waals surface area contributed by atoms with Crippen molar-refractivity contribution in [3.63, 3.8) is 0 Å². The van der Waals surface area contributed by atoms with Crippen molar-refractivity contribution in [1.29, 1.82) is 0 Å². The van der Waals surface area contributed by atoms with E-state index in [4.69, 9.17) is 0 Å². The molecule has 2 rings (SSSR count). The van der Waals surface area contributed by atoms with Gasteiger partial charge in [-0.05, 0) is 62.9 Å². The van der Waals surface area contributed by atoms with Crippen LogP contribution >= 0.6 is 0 Å². The summed E-state index contributed by atoms with van der Waals surface area (Å²) in [5.41, 5.74) is 3.34. The second-order valence-electron chi connectivity index (χ2n) is 7.03. The average molecular weight is 274 g/mol. The zero-order valence-electron chi connectivity index (χ0n) is 13.6. The predicted octanol–water partition coefficient (Wildman–Crippen LogP) is 3.77. The summed E-state index contributed by atoms with van der Waals surface area (Å²) in [4.78, 5) is 2.64. The Morgan fingerprint density at radius 3 is 2.70 bits per heavy atom. The molecule has 112 valence electrons. The Morgan fingerprint density at radius 2 is 2.05 bits per heavy atom. The molecule has 0 aromatic heterocycles. The molecule has 1 saturated heterocycles. The number of aryl methyl sites for hydroxylation is 1. The van der Waals surface area contributed by atoms with Crippen molar-refractivity contribution in [1.82, 2.24) is 10.2 Å². The van der Waals surface area contributed by atoms with E-state index < -0.39 is 0 Å². The highest BCUT2D eigenvalue weighted by atomic mass is 15.1. The zero-order chi connectivity index (χ0) is 14.6. The van der Waals surface area contributed by atoms with Crippen molar-refractivity contribution < 1.29 is 0 Å². The molecule has 1 aromatic carbocycles. The molecule has 0 bridgehead atoms. The number of nitrogens with one attached hydrogen (secondary N) is 1.